The molecule has 0 aromatic carbocycles. The van der Waals surface area contributed by atoms with Crippen LogP contribution in [0.2, 0.25) is 0 Å². The quantitative estimate of drug-likeness (QED) is 0.673. The van der Waals surface area contributed by atoms with Crippen molar-refractivity contribution in [3.8, 4) is 0 Å². The van der Waals surface area contributed by atoms with E-state index in [0.29, 0.717) is 13.1 Å². The van der Waals surface area contributed by atoms with E-state index in [2.05, 4.69) is 15.3 Å². The van der Waals surface area contributed by atoms with Crippen LogP contribution in [0.5, 0.6) is 0 Å². The molecule has 0 aliphatic heterocycles. The standard InChI is InChI=1S/C8H15N3O2S/c1-7-8(11-6-10-7)5-9-3-4-14(2,12)13/h6,9H,3-5H2,1-2H3,(H,10,11). The second-order valence-corrected chi connectivity index (χ2v) is 5.54. The van der Waals surface area contributed by atoms with Gasteiger partial charge in [0.15, 0.2) is 0 Å². The van der Waals surface area contributed by atoms with Crippen molar-refractivity contribution in [3.05, 3.63) is 17.7 Å². The summed E-state index contributed by atoms with van der Waals surface area (Å²) >= 11 is 0. The lowest BCUT2D eigenvalue weighted by Crippen LogP contribution is -2.22. The van der Waals surface area contributed by atoms with Gasteiger partial charge in [-0.2, -0.15) is 0 Å². The monoisotopic (exact) mass is 217 g/mol. The Kier molecular flexibility index (Phi) is 3.65. The summed E-state index contributed by atoms with van der Waals surface area (Å²) in [5.74, 6) is 0.163. The van der Waals surface area contributed by atoms with Gasteiger partial charge in [0.25, 0.3) is 0 Å². The van der Waals surface area contributed by atoms with Crippen LogP contribution in [-0.4, -0.2) is 36.9 Å². The van der Waals surface area contributed by atoms with E-state index in [9.17, 15) is 8.42 Å². The molecule has 1 rings (SSSR count). The molecule has 0 amide bonds. The van der Waals surface area contributed by atoms with Gasteiger partial charge in [-0.25, -0.2) is 13.4 Å². The van der Waals surface area contributed by atoms with E-state index < -0.39 is 9.84 Å². The highest BCUT2D eigenvalue weighted by Crippen LogP contribution is 1.98. The maximum atomic E-state index is 10.8. The summed E-state index contributed by atoms with van der Waals surface area (Å²) in [4.78, 5) is 7.04. The number of hydrogen-bond donors (Lipinski definition) is 2. The molecule has 0 bridgehead atoms. The van der Waals surface area contributed by atoms with E-state index in [4.69, 9.17) is 0 Å². The molecule has 1 heterocycles. The molecule has 80 valence electrons. The number of nitrogens with zero attached hydrogens (tertiary/aromatic N) is 1. The number of aryl methyl sites for hydroxylation is 1. The average molecular weight is 217 g/mol. The molecule has 5 nitrogen and oxygen atoms in total. The molecule has 0 saturated carbocycles. The number of rotatable bonds is 5. The zero-order chi connectivity index (χ0) is 10.6. The maximum Gasteiger partial charge on any atom is 0.148 e. The molecular formula is C8H15N3O2S. The fourth-order valence-electron chi connectivity index (χ4n) is 1.03. The first-order valence-corrected chi connectivity index (χ1v) is 6.42. The predicted octanol–water partition coefficient (Wildman–Crippen LogP) is -0.148. The topological polar surface area (TPSA) is 74.8 Å². The summed E-state index contributed by atoms with van der Waals surface area (Å²) in [6.45, 7) is 3.00. The zero-order valence-corrected chi connectivity index (χ0v) is 9.19. The van der Waals surface area contributed by atoms with Gasteiger partial charge in [-0.3, -0.25) is 0 Å². The Bertz CT molecular complexity index is 383. The summed E-state index contributed by atoms with van der Waals surface area (Å²) < 4.78 is 21.6. The molecular weight excluding hydrogens is 202 g/mol. The average Bonchev–Trinajstić information content (AvgIpc) is 2.44. The van der Waals surface area contributed by atoms with E-state index in [1.807, 2.05) is 6.92 Å². The Morgan fingerprint density at radius 3 is 2.79 bits per heavy atom. The highest BCUT2D eigenvalue weighted by molar-refractivity contribution is 7.90. The highest BCUT2D eigenvalue weighted by Gasteiger charge is 2.02. The Balaban J connectivity index is 2.26. The van der Waals surface area contributed by atoms with Crippen LogP contribution in [-0.2, 0) is 16.4 Å². The molecule has 0 aliphatic rings. The minimum atomic E-state index is -2.87. The minimum Gasteiger partial charge on any atom is -0.348 e. The van der Waals surface area contributed by atoms with E-state index in [1.54, 1.807) is 6.33 Å². The Labute approximate surface area is 83.9 Å². The van der Waals surface area contributed by atoms with Crippen LogP contribution in [0.3, 0.4) is 0 Å². The van der Waals surface area contributed by atoms with E-state index in [1.165, 1.54) is 6.26 Å². The third-order valence-corrected chi connectivity index (χ3v) is 2.82. The smallest absolute Gasteiger partial charge is 0.148 e. The molecule has 0 fully saturated rings. The van der Waals surface area contributed by atoms with Crippen molar-refractivity contribution >= 4 is 9.84 Å². The number of imidazole rings is 1. The molecule has 1 aromatic heterocycles. The van der Waals surface area contributed by atoms with Gasteiger partial charge in [0, 0.05) is 25.0 Å². The first-order chi connectivity index (χ1) is 6.49. The number of aromatic nitrogens is 2. The van der Waals surface area contributed by atoms with Crippen LogP contribution >= 0.6 is 0 Å². The van der Waals surface area contributed by atoms with Gasteiger partial charge in [0.2, 0.25) is 0 Å². The van der Waals surface area contributed by atoms with Crippen LogP contribution in [0.1, 0.15) is 11.4 Å². The number of H-pyrrole nitrogens is 1. The van der Waals surface area contributed by atoms with E-state index >= 15 is 0 Å². The molecule has 6 heteroatoms. The van der Waals surface area contributed by atoms with Gasteiger partial charge in [-0.15, -0.1) is 0 Å². The first kappa shape index (κ1) is 11.2. The lowest BCUT2D eigenvalue weighted by atomic mass is 10.3. The summed E-state index contributed by atoms with van der Waals surface area (Å²) in [5.41, 5.74) is 1.94. The molecule has 0 atom stereocenters. The van der Waals surface area contributed by atoms with Crippen molar-refractivity contribution in [2.75, 3.05) is 18.6 Å². The fourth-order valence-corrected chi connectivity index (χ4v) is 1.54. The van der Waals surface area contributed by atoms with Crippen molar-refractivity contribution in [1.82, 2.24) is 15.3 Å². The summed E-state index contributed by atoms with van der Waals surface area (Å²) in [6.07, 6.45) is 2.86. The van der Waals surface area contributed by atoms with Gasteiger partial charge in [-0.05, 0) is 6.92 Å². The van der Waals surface area contributed by atoms with E-state index in [-0.39, 0.29) is 5.75 Å². The number of hydrogen-bond acceptors (Lipinski definition) is 4. The molecule has 0 aliphatic carbocycles. The molecule has 2 N–H and O–H groups in total. The van der Waals surface area contributed by atoms with Gasteiger partial charge >= 0.3 is 0 Å². The number of nitrogens with one attached hydrogen (secondary N) is 2. The van der Waals surface area contributed by atoms with Gasteiger partial charge < -0.3 is 10.3 Å². The van der Waals surface area contributed by atoms with Crippen LogP contribution in [0.4, 0.5) is 0 Å². The maximum absolute atomic E-state index is 10.8. The molecule has 0 saturated heterocycles. The lowest BCUT2D eigenvalue weighted by molar-refractivity contribution is 0.596. The predicted molar refractivity (Wildman–Crippen MR) is 54.7 cm³/mol. The fraction of sp³-hybridized carbons (Fsp3) is 0.625. The normalized spacial score (nSPS) is 11.9. The molecule has 14 heavy (non-hydrogen) atoms. The third kappa shape index (κ3) is 3.89. The highest BCUT2D eigenvalue weighted by atomic mass is 32.2. The second-order valence-electron chi connectivity index (χ2n) is 3.28. The molecule has 0 radical (unpaired) electrons. The third-order valence-electron chi connectivity index (χ3n) is 1.88. The summed E-state index contributed by atoms with van der Waals surface area (Å²) in [5, 5.41) is 3.02. The first-order valence-electron chi connectivity index (χ1n) is 4.36. The van der Waals surface area contributed by atoms with Gasteiger partial charge in [0.05, 0.1) is 17.8 Å². The van der Waals surface area contributed by atoms with Crippen molar-refractivity contribution in [1.29, 1.82) is 0 Å². The Morgan fingerprint density at radius 1 is 1.57 bits per heavy atom. The molecule has 1 aromatic rings. The SMILES string of the molecule is Cc1[nH]cnc1CNCCS(C)(=O)=O. The van der Waals surface area contributed by atoms with Crippen molar-refractivity contribution in [2.24, 2.45) is 0 Å². The van der Waals surface area contributed by atoms with Crippen molar-refractivity contribution < 1.29 is 8.42 Å². The van der Waals surface area contributed by atoms with Crippen LogP contribution in [0.15, 0.2) is 6.33 Å². The minimum absolute atomic E-state index is 0.163. The largest absolute Gasteiger partial charge is 0.348 e. The second kappa shape index (κ2) is 4.56. The van der Waals surface area contributed by atoms with E-state index in [0.717, 1.165) is 11.4 Å². The lowest BCUT2D eigenvalue weighted by Gasteiger charge is -2.01. The van der Waals surface area contributed by atoms with Crippen LogP contribution < -0.4 is 5.32 Å². The zero-order valence-electron chi connectivity index (χ0n) is 8.37. The number of aromatic amines is 1. The Morgan fingerprint density at radius 2 is 2.29 bits per heavy atom. The summed E-state index contributed by atoms with van der Waals surface area (Å²) in [7, 11) is -2.87. The van der Waals surface area contributed by atoms with Crippen molar-refractivity contribution in [3.63, 3.8) is 0 Å². The van der Waals surface area contributed by atoms with Crippen LogP contribution in [0, 0.1) is 6.92 Å². The number of sulfone groups is 1. The Hall–Kier alpha value is -0.880. The molecule has 0 spiro atoms. The van der Waals surface area contributed by atoms with Crippen LogP contribution in [0.25, 0.3) is 0 Å². The van der Waals surface area contributed by atoms with Crippen molar-refractivity contribution in [2.45, 2.75) is 13.5 Å². The summed E-state index contributed by atoms with van der Waals surface area (Å²) in [6, 6.07) is 0. The van der Waals surface area contributed by atoms with Gasteiger partial charge in [-0.1, -0.05) is 0 Å². The van der Waals surface area contributed by atoms with Gasteiger partial charge in [0.1, 0.15) is 9.84 Å². The molecule has 0 unspecified atom stereocenters.